The predicted molar refractivity (Wildman–Crippen MR) is 84.8 cm³/mol. The van der Waals surface area contributed by atoms with Gasteiger partial charge in [0.2, 0.25) is 5.89 Å². The van der Waals surface area contributed by atoms with Crippen LogP contribution in [0.3, 0.4) is 0 Å². The Morgan fingerprint density at radius 2 is 2.32 bits per heavy atom. The maximum Gasteiger partial charge on any atom is 0.240 e. The smallest absolute Gasteiger partial charge is 0.240 e. The zero-order chi connectivity index (χ0) is 14.7. The Kier molecular flexibility index (Phi) is 5.93. The van der Waals surface area contributed by atoms with Crippen molar-refractivity contribution in [2.24, 2.45) is 7.05 Å². The van der Waals surface area contributed by atoms with Crippen LogP contribution >= 0.6 is 12.4 Å². The summed E-state index contributed by atoms with van der Waals surface area (Å²) in [6.07, 6.45) is 5.72. The first kappa shape index (κ1) is 16.9. The minimum absolute atomic E-state index is 0. The topological polar surface area (TPSA) is 72.0 Å². The molecule has 0 radical (unpaired) electrons. The number of nitrogens with zero attached hydrogens (tertiary/aromatic N) is 5. The van der Waals surface area contributed by atoms with Crippen molar-refractivity contribution >= 4 is 12.4 Å². The molecule has 3 heterocycles. The minimum atomic E-state index is 0. The normalized spacial score (nSPS) is 19.1. The van der Waals surface area contributed by atoms with E-state index in [9.17, 15) is 0 Å². The summed E-state index contributed by atoms with van der Waals surface area (Å²) in [7, 11) is 2.03. The second kappa shape index (κ2) is 7.71. The van der Waals surface area contributed by atoms with Crippen LogP contribution in [0.15, 0.2) is 16.9 Å². The Hall–Kier alpha value is -1.44. The van der Waals surface area contributed by atoms with Gasteiger partial charge in [-0.3, -0.25) is 4.90 Å². The highest BCUT2D eigenvalue weighted by Gasteiger charge is 2.28. The Morgan fingerprint density at radius 1 is 1.45 bits per heavy atom. The summed E-state index contributed by atoms with van der Waals surface area (Å²) >= 11 is 0. The Morgan fingerprint density at radius 3 is 3.05 bits per heavy atom. The molecule has 1 saturated heterocycles. The molecule has 0 amide bonds. The van der Waals surface area contributed by atoms with Gasteiger partial charge in [0.05, 0.1) is 12.6 Å². The molecular weight excluding hydrogens is 304 g/mol. The lowest BCUT2D eigenvalue weighted by Crippen LogP contribution is -2.46. The summed E-state index contributed by atoms with van der Waals surface area (Å²) in [5.41, 5.74) is 0. The maximum atomic E-state index is 5.37. The molecule has 1 N–H and O–H groups in total. The second-order valence-electron chi connectivity index (χ2n) is 5.44. The fourth-order valence-electron chi connectivity index (χ4n) is 2.74. The number of hydrogen-bond donors (Lipinski definition) is 1. The fraction of sp³-hybridized carbons (Fsp3) is 0.643. The molecule has 3 rings (SSSR count). The Bertz CT molecular complexity index is 583. The van der Waals surface area contributed by atoms with Gasteiger partial charge in [0.25, 0.3) is 0 Å². The van der Waals surface area contributed by atoms with E-state index in [4.69, 9.17) is 4.52 Å². The monoisotopic (exact) mass is 326 g/mol. The van der Waals surface area contributed by atoms with Crippen molar-refractivity contribution in [1.82, 2.24) is 29.9 Å². The molecule has 122 valence electrons. The van der Waals surface area contributed by atoms with Crippen molar-refractivity contribution < 1.29 is 4.52 Å². The van der Waals surface area contributed by atoms with E-state index in [0.717, 1.165) is 44.1 Å². The van der Waals surface area contributed by atoms with Crippen molar-refractivity contribution in [2.75, 3.05) is 19.6 Å². The van der Waals surface area contributed by atoms with E-state index >= 15 is 0 Å². The largest absolute Gasteiger partial charge is 0.338 e. The molecule has 1 aliphatic heterocycles. The van der Waals surface area contributed by atoms with Crippen molar-refractivity contribution in [2.45, 2.75) is 32.4 Å². The Balaban J connectivity index is 0.00000176. The van der Waals surface area contributed by atoms with Gasteiger partial charge in [-0.15, -0.1) is 12.4 Å². The number of aryl methyl sites for hydroxylation is 2. The first-order valence-electron chi connectivity index (χ1n) is 7.51. The van der Waals surface area contributed by atoms with Crippen LogP contribution in [0.4, 0.5) is 0 Å². The predicted octanol–water partition coefficient (Wildman–Crippen LogP) is 1.32. The molecule has 8 heteroatoms. The SMILES string of the molecule is CCCc1noc(CN2CCNCC2c2nccn2C)n1.Cl. The molecular formula is C14H23ClN6O. The van der Waals surface area contributed by atoms with Crippen molar-refractivity contribution in [3.8, 4) is 0 Å². The lowest BCUT2D eigenvalue weighted by atomic mass is 10.1. The summed E-state index contributed by atoms with van der Waals surface area (Å²) in [5.74, 6) is 2.56. The number of hydrogen-bond acceptors (Lipinski definition) is 6. The molecule has 22 heavy (non-hydrogen) atoms. The molecule has 0 spiro atoms. The van der Waals surface area contributed by atoms with Gasteiger partial charge in [-0.2, -0.15) is 4.98 Å². The van der Waals surface area contributed by atoms with Gasteiger partial charge in [-0.25, -0.2) is 4.98 Å². The van der Waals surface area contributed by atoms with Crippen LogP contribution in [-0.2, 0) is 20.0 Å². The number of halogens is 1. The molecule has 7 nitrogen and oxygen atoms in total. The zero-order valence-corrected chi connectivity index (χ0v) is 13.8. The van der Waals surface area contributed by atoms with Crippen LogP contribution in [0.1, 0.15) is 36.9 Å². The standard InChI is InChI=1S/C14H22N6O.ClH/c1-3-4-12-17-13(21-18-12)10-20-8-5-15-9-11(20)14-16-6-7-19(14)2;/h6-7,11,15H,3-5,8-10H2,1-2H3;1H. The average molecular weight is 327 g/mol. The molecule has 0 aromatic carbocycles. The molecule has 1 unspecified atom stereocenters. The second-order valence-corrected chi connectivity index (χ2v) is 5.44. The zero-order valence-electron chi connectivity index (χ0n) is 13.0. The number of rotatable bonds is 5. The quantitative estimate of drug-likeness (QED) is 0.893. The number of imidazole rings is 1. The van der Waals surface area contributed by atoms with E-state index < -0.39 is 0 Å². The molecule has 0 bridgehead atoms. The molecule has 2 aromatic rings. The van der Waals surface area contributed by atoms with Crippen LogP contribution in [0.2, 0.25) is 0 Å². The van der Waals surface area contributed by atoms with Gasteiger partial charge in [-0.05, 0) is 6.42 Å². The molecule has 2 aromatic heterocycles. The van der Waals surface area contributed by atoms with Gasteiger partial charge >= 0.3 is 0 Å². The molecule has 1 atom stereocenters. The van der Waals surface area contributed by atoms with E-state index in [-0.39, 0.29) is 18.4 Å². The summed E-state index contributed by atoms with van der Waals surface area (Å²) in [6, 6.07) is 0.236. The van der Waals surface area contributed by atoms with Crippen LogP contribution in [-0.4, -0.2) is 44.2 Å². The average Bonchev–Trinajstić information content (AvgIpc) is 3.09. The lowest BCUT2D eigenvalue weighted by Gasteiger charge is -2.34. The van der Waals surface area contributed by atoms with E-state index in [1.165, 1.54) is 0 Å². The fourth-order valence-corrected chi connectivity index (χ4v) is 2.74. The number of nitrogens with one attached hydrogen (secondary N) is 1. The van der Waals surface area contributed by atoms with Crippen LogP contribution in [0.25, 0.3) is 0 Å². The van der Waals surface area contributed by atoms with Crippen LogP contribution < -0.4 is 5.32 Å². The van der Waals surface area contributed by atoms with Crippen molar-refractivity contribution in [3.63, 3.8) is 0 Å². The summed E-state index contributed by atoms with van der Waals surface area (Å²) in [6.45, 7) is 5.60. The number of piperazine rings is 1. The van der Waals surface area contributed by atoms with Gasteiger partial charge in [0.15, 0.2) is 5.82 Å². The van der Waals surface area contributed by atoms with Crippen LogP contribution in [0, 0.1) is 0 Å². The third kappa shape index (κ3) is 3.66. The molecule has 0 aliphatic carbocycles. The van der Waals surface area contributed by atoms with E-state index in [1.54, 1.807) is 0 Å². The van der Waals surface area contributed by atoms with Crippen molar-refractivity contribution in [1.29, 1.82) is 0 Å². The van der Waals surface area contributed by atoms with Crippen molar-refractivity contribution in [3.05, 3.63) is 29.9 Å². The van der Waals surface area contributed by atoms with E-state index in [2.05, 4.69) is 36.8 Å². The van der Waals surface area contributed by atoms with E-state index in [1.807, 2.05) is 19.4 Å². The third-order valence-corrected chi connectivity index (χ3v) is 3.83. The molecule has 1 fully saturated rings. The summed E-state index contributed by atoms with van der Waals surface area (Å²) in [4.78, 5) is 11.3. The molecule has 0 saturated carbocycles. The minimum Gasteiger partial charge on any atom is -0.338 e. The number of aromatic nitrogens is 4. The summed E-state index contributed by atoms with van der Waals surface area (Å²) < 4.78 is 7.44. The van der Waals surface area contributed by atoms with Gasteiger partial charge in [-0.1, -0.05) is 12.1 Å². The lowest BCUT2D eigenvalue weighted by molar-refractivity contribution is 0.128. The van der Waals surface area contributed by atoms with Gasteiger partial charge < -0.3 is 14.4 Å². The first-order chi connectivity index (χ1) is 10.3. The first-order valence-corrected chi connectivity index (χ1v) is 7.51. The molecule has 1 aliphatic rings. The van der Waals surface area contributed by atoms with Gasteiger partial charge in [0, 0.05) is 45.5 Å². The highest BCUT2D eigenvalue weighted by molar-refractivity contribution is 5.85. The maximum absolute atomic E-state index is 5.37. The Labute approximate surface area is 136 Å². The van der Waals surface area contributed by atoms with E-state index in [0.29, 0.717) is 12.4 Å². The highest BCUT2D eigenvalue weighted by atomic mass is 35.5. The van der Waals surface area contributed by atoms with Gasteiger partial charge in [0.1, 0.15) is 5.82 Å². The highest BCUT2D eigenvalue weighted by Crippen LogP contribution is 2.22. The summed E-state index contributed by atoms with van der Waals surface area (Å²) in [5, 5.41) is 7.46. The third-order valence-electron chi connectivity index (χ3n) is 3.83. The van der Waals surface area contributed by atoms with Crippen LogP contribution in [0.5, 0.6) is 0 Å².